The van der Waals surface area contributed by atoms with E-state index in [0.29, 0.717) is 23.0 Å². The second-order valence-corrected chi connectivity index (χ2v) is 7.18. The molecular formula is C20H20Cl2N2O2. The van der Waals surface area contributed by atoms with E-state index in [0.717, 1.165) is 46.1 Å². The highest BCUT2D eigenvalue weighted by Crippen LogP contribution is 2.39. The van der Waals surface area contributed by atoms with Gasteiger partial charge in [-0.25, -0.2) is 4.79 Å². The normalized spacial score (nSPS) is 11.2. The second kappa shape index (κ2) is 7.70. The maximum Gasteiger partial charge on any atom is 0.336 e. The molecule has 6 heteroatoms. The fraction of sp³-hybridized carbons (Fsp3) is 0.250. The smallest absolute Gasteiger partial charge is 0.336 e. The van der Waals surface area contributed by atoms with Gasteiger partial charge in [0.05, 0.1) is 11.3 Å². The summed E-state index contributed by atoms with van der Waals surface area (Å²) in [5.41, 5.74) is 10.3. The van der Waals surface area contributed by atoms with Crippen molar-refractivity contribution in [1.29, 1.82) is 0 Å². The molecule has 3 rings (SSSR count). The van der Waals surface area contributed by atoms with E-state index >= 15 is 0 Å². The first kappa shape index (κ1) is 18.8. The lowest BCUT2D eigenvalue weighted by Crippen LogP contribution is -2.01. The van der Waals surface area contributed by atoms with Crippen molar-refractivity contribution < 1.29 is 9.90 Å². The van der Waals surface area contributed by atoms with Gasteiger partial charge in [0.25, 0.3) is 0 Å². The molecule has 0 bridgehead atoms. The van der Waals surface area contributed by atoms with Gasteiger partial charge in [0, 0.05) is 26.5 Å². The van der Waals surface area contributed by atoms with Gasteiger partial charge in [-0.05, 0) is 68.1 Å². The molecule has 26 heavy (non-hydrogen) atoms. The predicted molar refractivity (Wildman–Crippen MR) is 107 cm³/mol. The molecule has 0 saturated heterocycles. The number of rotatable bonds is 6. The van der Waals surface area contributed by atoms with Crippen LogP contribution in [0.3, 0.4) is 0 Å². The fourth-order valence-electron chi connectivity index (χ4n) is 3.30. The van der Waals surface area contributed by atoms with Crippen LogP contribution in [0.15, 0.2) is 30.3 Å². The van der Waals surface area contributed by atoms with Crippen LogP contribution in [-0.2, 0) is 6.42 Å². The quantitative estimate of drug-likeness (QED) is 0.490. The zero-order valence-electron chi connectivity index (χ0n) is 14.4. The van der Waals surface area contributed by atoms with Crippen LogP contribution < -0.4 is 5.73 Å². The molecule has 3 aromatic rings. The molecule has 0 spiro atoms. The maximum atomic E-state index is 11.8. The summed E-state index contributed by atoms with van der Waals surface area (Å²) in [5, 5.41) is 11.5. The molecule has 1 aromatic heterocycles. The molecular weight excluding hydrogens is 371 g/mol. The molecule has 0 amide bonds. The first-order valence-electron chi connectivity index (χ1n) is 8.47. The standard InChI is InChI=1S/C20H20Cl2N2O2/c1-11-5-7-14(20(25)26)17-13(4-2-3-9-23)19(24-18(11)17)15-10-12(21)6-8-16(15)22/h5-8,10,24H,2-4,9,23H2,1H3,(H,25,26). The molecule has 0 unspecified atom stereocenters. The van der Waals surface area contributed by atoms with Crippen LogP contribution in [0, 0.1) is 6.92 Å². The summed E-state index contributed by atoms with van der Waals surface area (Å²) >= 11 is 12.6. The largest absolute Gasteiger partial charge is 0.478 e. The Kier molecular flexibility index (Phi) is 5.56. The number of fused-ring (bicyclic) bond motifs is 1. The summed E-state index contributed by atoms with van der Waals surface area (Å²) in [6.45, 7) is 2.55. The lowest BCUT2D eigenvalue weighted by molar-refractivity contribution is 0.0699. The molecule has 0 radical (unpaired) electrons. The first-order valence-corrected chi connectivity index (χ1v) is 9.22. The SMILES string of the molecule is Cc1ccc(C(=O)O)c2c(CCCCN)c(-c3cc(Cl)ccc3Cl)[nH]c12. The topological polar surface area (TPSA) is 79.1 Å². The monoisotopic (exact) mass is 390 g/mol. The number of nitrogens with two attached hydrogens (primary N) is 1. The third kappa shape index (κ3) is 3.45. The average Bonchev–Trinajstić information content (AvgIpc) is 2.98. The molecule has 0 aliphatic carbocycles. The van der Waals surface area contributed by atoms with Crippen molar-refractivity contribution >= 4 is 40.1 Å². The summed E-state index contributed by atoms with van der Waals surface area (Å²) in [5.74, 6) is -0.946. The van der Waals surface area contributed by atoms with Gasteiger partial charge in [-0.15, -0.1) is 0 Å². The number of aromatic amines is 1. The number of H-pyrrole nitrogens is 1. The summed E-state index contributed by atoms with van der Waals surface area (Å²) in [6, 6.07) is 8.76. The van der Waals surface area contributed by atoms with Crippen molar-refractivity contribution in [1.82, 2.24) is 4.98 Å². The van der Waals surface area contributed by atoms with Gasteiger partial charge in [0.15, 0.2) is 0 Å². The molecule has 2 aromatic carbocycles. The van der Waals surface area contributed by atoms with Crippen molar-refractivity contribution in [3.63, 3.8) is 0 Å². The third-order valence-corrected chi connectivity index (χ3v) is 5.14. The number of halogens is 2. The first-order chi connectivity index (χ1) is 12.4. The highest BCUT2D eigenvalue weighted by Gasteiger charge is 2.21. The number of aromatic nitrogens is 1. The second-order valence-electron chi connectivity index (χ2n) is 6.33. The summed E-state index contributed by atoms with van der Waals surface area (Å²) in [6.07, 6.45) is 2.43. The van der Waals surface area contributed by atoms with Gasteiger partial charge in [0.1, 0.15) is 0 Å². The van der Waals surface area contributed by atoms with E-state index in [1.54, 1.807) is 24.3 Å². The molecule has 4 nitrogen and oxygen atoms in total. The van der Waals surface area contributed by atoms with Crippen LogP contribution in [0.25, 0.3) is 22.2 Å². The maximum absolute atomic E-state index is 11.8. The van der Waals surface area contributed by atoms with E-state index in [4.69, 9.17) is 28.9 Å². The average molecular weight is 391 g/mol. The van der Waals surface area contributed by atoms with Gasteiger partial charge in [-0.2, -0.15) is 0 Å². The van der Waals surface area contributed by atoms with E-state index in [-0.39, 0.29) is 5.56 Å². The lowest BCUT2D eigenvalue weighted by atomic mass is 9.96. The van der Waals surface area contributed by atoms with Gasteiger partial charge < -0.3 is 15.8 Å². The molecule has 0 aliphatic heterocycles. The van der Waals surface area contributed by atoms with Gasteiger partial charge in [-0.3, -0.25) is 0 Å². The van der Waals surface area contributed by atoms with E-state index in [1.807, 2.05) is 13.0 Å². The van der Waals surface area contributed by atoms with Gasteiger partial charge in [0.2, 0.25) is 0 Å². The molecule has 0 saturated carbocycles. The van der Waals surface area contributed by atoms with Crippen molar-refractivity contribution in [2.24, 2.45) is 5.73 Å². The summed E-state index contributed by atoms with van der Waals surface area (Å²) < 4.78 is 0. The number of unbranched alkanes of at least 4 members (excludes halogenated alkanes) is 1. The van der Waals surface area contributed by atoms with Crippen molar-refractivity contribution in [3.05, 3.63) is 57.1 Å². The lowest BCUT2D eigenvalue weighted by Gasteiger charge is -2.09. The number of aryl methyl sites for hydroxylation is 2. The molecule has 0 aliphatic rings. The molecule has 136 valence electrons. The van der Waals surface area contributed by atoms with Crippen molar-refractivity contribution in [2.75, 3.05) is 6.54 Å². The third-order valence-electron chi connectivity index (χ3n) is 4.58. The molecule has 1 heterocycles. The van der Waals surface area contributed by atoms with Crippen LogP contribution in [-0.4, -0.2) is 22.6 Å². The van der Waals surface area contributed by atoms with Crippen LogP contribution in [0.1, 0.15) is 34.3 Å². The number of carboxylic acid groups (broad SMARTS) is 1. The van der Waals surface area contributed by atoms with Crippen molar-refractivity contribution in [3.8, 4) is 11.3 Å². The van der Waals surface area contributed by atoms with E-state index in [2.05, 4.69) is 4.98 Å². The van der Waals surface area contributed by atoms with Crippen LogP contribution in [0.4, 0.5) is 0 Å². The van der Waals surface area contributed by atoms with Gasteiger partial charge >= 0.3 is 5.97 Å². The Morgan fingerprint density at radius 3 is 2.65 bits per heavy atom. The Balaban J connectivity index is 2.32. The molecule has 0 atom stereocenters. The minimum atomic E-state index is -0.946. The minimum absolute atomic E-state index is 0.286. The minimum Gasteiger partial charge on any atom is -0.478 e. The number of hydrogen-bond donors (Lipinski definition) is 3. The fourth-order valence-corrected chi connectivity index (χ4v) is 3.68. The number of carboxylic acids is 1. The zero-order chi connectivity index (χ0) is 18.8. The Labute approximate surface area is 161 Å². The highest BCUT2D eigenvalue weighted by atomic mass is 35.5. The van der Waals surface area contributed by atoms with Crippen molar-refractivity contribution in [2.45, 2.75) is 26.2 Å². The predicted octanol–water partition coefficient (Wildman–Crippen LogP) is 5.43. The molecule has 0 fully saturated rings. The Bertz CT molecular complexity index is 980. The number of benzene rings is 2. The zero-order valence-corrected chi connectivity index (χ0v) is 15.9. The number of nitrogens with one attached hydrogen (secondary N) is 1. The number of hydrogen-bond acceptors (Lipinski definition) is 2. The Hall–Kier alpha value is -2.01. The van der Waals surface area contributed by atoms with Crippen LogP contribution >= 0.6 is 23.2 Å². The highest BCUT2D eigenvalue weighted by molar-refractivity contribution is 6.35. The van der Waals surface area contributed by atoms with Crippen LogP contribution in [0.5, 0.6) is 0 Å². The summed E-state index contributed by atoms with van der Waals surface area (Å²) in [4.78, 5) is 15.2. The van der Waals surface area contributed by atoms with Crippen LogP contribution in [0.2, 0.25) is 10.0 Å². The van der Waals surface area contributed by atoms with E-state index in [1.165, 1.54) is 0 Å². The summed E-state index contributed by atoms with van der Waals surface area (Å²) in [7, 11) is 0. The number of aromatic carboxylic acids is 1. The van der Waals surface area contributed by atoms with Gasteiger partial charge in [-0.1, -0.05) is 29.3 Å². The molecule has 4 N–H and O–H groups in total. The Morgan fingerprint density at radius 2 is 1.96 bits per heavy atom. The Morgan fingerprint density at radius 1 is 1.19 bits per heavy atom. The number of carbonyl (C=O) groups is 1. The van der Waals surface area contributed by atoms with E-state index < -0.39 is 5.97 Å². The van der Waals surface area contributed by atoms with E-state index in [9.17, 15) is 9.90 Å².